The average Bonchev–Trinajstić information content (AvgIpc) is 3.55. The first kappa shape index (κ1) is 29.1. The van der Waals surface area contributed by atoms with Gasteiger partial charge in [-0.1, -0.05) is 27.4 Å². The van der Waals surface area contributed by atoms with Crippen LogP contribution < -0.4 is 5.09 Å². The number of aliphatic hydroxyl groups is 4. The maximum atomic E-state index is 14.6. The molecule has 7 fully saturated rings. The van der Waals surface area contributed by atoms with Gasteiger partial charge in [0.1, 0.15) is 28.6 Å². The number of H-pyrrole nitrogens is 1. The van der Waals surface area contributed by atoms with E-state index < -0.39 is 76.5 Å². The van der Waals surface area contributed by atoms with Crippen LogP contribution in [0.15, 0.2) is 30.5 Å². The van der Waals surface area contributed by atoms with E-state index in [1.54, 1.807) is 26.8 Å². The van der Waals surface area contributed by atoms with E-state index in [1.807, 2.05) is 0 Å². The van der Waals surface area contributed by atoms with Gasteiger partial charge in [-0.2, -0.15) is 0 Å². The van der Waals surface area contributed by atoms with E-state index in [4.69, 9.17) is 23.3 Å². The maximum absolute atomic E-state index is 14.6. The Balaban J connectivity index is 1.56. The lowest BCUT2D eigenvalue weighted by atomic mass is 9.52. The van der Waals surface area contributed by atoms with Crippen molar-refractivity contribution in [2.24, 2.45) is 16.7 Å². The first-order valence-electron chi connectivity index (χ1n) is 14.3. The molecule has 3 saturated heterocycles. The highest BCUT2D eigenvalue weighted by atomic mass is 31.2. The predicted molar refractivity (Wildman–Crippen MR) is 144 cm³/mol. The number of rotatable bonds is 7. The molecular weight excluding hydrogens is 571 g/mol. The van der Waals surface area contributed by atoms with Crippen molar-refractivity contribution < 1.29 is 53.0 Å². The summed E-state index contributed by atoms with van der Waals surface area (Å²) in [6, 6.07) is 3.08. The lowest BCUT2D eigenvalue weighted by Gasteiger charge is -2.60. The van der Waals surface area contributed by atoms with Crippen LogP contribution in [0, 0.1) is 16.7 Å². The predicted octanol–water partition coefficient (Wildman–Crippen LogP) is 1.14. The van der Waals surface area contributed by atoms with Gasteiger partial charge in [0.2, 0.25) is 0 Å². The van der Waals surface area contributed by atoms with Gasteiger partial charge in [-0.15, -0.1) is 0 Å². The van der Waals surface area contributed by atoms with E-state index >= 15 is 0 Å². The minimum atomic E-state index is -4.42. The molecule has 2 spiro atoms. The zero-order chi connectivity index (χ0) is 30.6. The summed E-state index contributed by atoms with van der Waals surface area (Å²) in [4.78, 5) is 16.3. The molecule has 3 aliphatic heterocycles. The second-order valence-corrected chi connectivity index (χ2v) is 15.3. The fraction of sp³-hybridized carbons (Fsp3) is 0.750. The molecule has 11 atom stereocenters. The van der Waals surface area contributed by atoms with E-state index in [0.717, 1.165) is 0 Å². The molecule has 1 aromatic heterocycles. The van der Waals surface area contributed by atoms with Gasteiger partial charge in [-0.25, -0.2) is 14.4 Å². The number of aromatic amines is 1. The topological polar surface area (TPSA) is 189 Å². The van der Waals surface area contributed by atoms with Crippen molar-refractivity contribution in [2.45, 2.75) is 93.0 Å². The first-order chi connectivity index (χ1) is 19.5. The summed E-state index contributed by atoms with van der Waals surface area (Å²) >= 11 is 0. The van der Waals surface area contributed by atoms with Crippen molar-refractivity contribution in [1.82, 2.24) is 10.1 Å². The summed E-state index contributed by atoms with van der Waals surface area (Å²) in [5.74, 6) is -3.92. The Morgan fingerprint density at radius 3 is 2.62 bits per heavy atom. The summed E-state index contributed by atoms with van der Waals surface area (Å²) in [6.07, 6.45) is -1.67. The molecule has 7 aliphatic rings. The van der Waals surface area contributed by atoms with E-state index in [1.165, 1.54) is 26.3 Å². The number of hydrogen-bond donors (Lipinski definition) is 6. The smallest absolute Gasteiger partial charge is 0.407 e. The minimum absolute atomic E-state index is 0.0253. The molecule has 4 aliphatic carbocycles. The molecule has 13 nitrogen and oxygen atoms in total. The van der Waals surface area contributed by atoms with Crippen molar-refractivity contribution in [3.05, 3.63) is 36.2 Å². The van der Waals surface area contributed by atoms with Crippen LogP contribution in [0.4, 0.5) is 0 Å². The Kier molecular flexibility index (Phi) is 5.51. The minimum Gasteiger partial charge on any atom is -0.451 e. The molecule has 232 valence electrons. The molecule has 42 heavy (non-hydrogen) atoms. The standard InChI is InChI=1S/C28H39N2O11P/c1-15(2)25(34)20(38-19(31)17-8-7-11-29-17)26(35)21(4)14-24(33)22(25,5)28(26)27(40-24)18(16(3)9-10-23(21,27)32)39-42(36,41-28)30-12-13-37-6/h7-8,11,15,18,20,29,32-35H,3,9-10,12-14H2,1-2,4-6H3,(H,30,36)/t18-,20-,21+,22-,23+,24+,25-,26-,27-,28-,42-/m1/s1. The molecule has 8 rings (SSSR count). The average molecular weight is 611 g/mol. The molecule has 1 aromatic rings. The largest absolute Gasteiger partial charge is 0.451 e. The van der Waals surface area contributed by atoms with Crippen molar-refractivity contribution in [3.8, 4) is 0 Å². The molecule has 4 saturated carbocycles. The zero-order valence-electron chi connectivity index (χ0n) is 24.3. The van der Waals surface area contributed by atoms with Gasteiger partial charge in [0, 0.05) is 31.7 Å². The SMILES string of the molecule is C=C1CC[C@]2(O)[C@]3(C)C[C@]4(O)O[C@]25[C@@H]1O[P@](=O)(NCCOC)O[C@]51[C@@]3(O)[C@H](OC(=O)c2ccc[nH]2)[C@](O)(C(C)C)[C@]14C. The lowest BCUT2D eigenvalue weighted by Crippen LogP contribution is -2.77. The summed E-state index contributed by atoms with van der Waals surface area (Å²) in [5.41, 5.74) is -14.4. The molecule has 4 heterocycles. The monoisotopic (exact) mass is 610 g/mol. The Morgan fingerprint density at radius 1 is 1.29 bits per heavy atom. The highest BCUT2D eigenvalue weighted by molar-refractivity contribution is 7.51. The number of methoxy groups -OCH3 is 1. The van der Waals surface area contributed by atoms with Gasteiger partial charge in [0.15, 0.2) is 23.1 Å². The van der Waals surface area contributed by atoms with Crippen LogP contribution in [0.3, 0.4) is 0 Å². The Bertz CT molecular complexity index is 1440. The van der Waals surface area contributed by atoms with Crippen molar-refractivity contribution in [1.29, 1.82) is 0 Å². The third-order valence-electron chi connectivity index (χ3n) is 12.0. The van der Waals surface area contributed by atoms with Crippen LogP contribution in [0.2, 0.25) is 0 Å². The van der Waals surface area contributed by atoms with E-state index in [9.17, 15) is 29.8 Å². The van der Waals surface area contributed by atoms with Crippen LogP contribution in [0.1, 0.15) is 57.4 Å². The van der Waals surface area contributed by atoms with Gasteiger partial charge in [0.25, 0.3) is 0 Å². The number of carbonyl (C=O) groups excluding carboxylic acids is 1. The molecule has 0 amide bonds. The number of nitrogens with one attached hydrogen (secondary N) is 2. The number of aromatic nitrogens is 1. The number of carbonyl (C=O) groups is 1. The molecule has 6 bridgehead atoms. The summed E-state index contributed by atoms with van der Waals surface area (Å²) in [6.45, 7) is 10.7. The second kappa shape index (κ2) is 7.95. The van der Waals surface area contributed by atoms with Gasteiger partial charge >= 0.3 is 13.7 Å². The quantitative estimate of drug-likeness (QED) is 0.112. The lowest BCUT2D eigenvalue weighted by molar-refractivity contribution is -0.381. The molecular formula is C28H39N2O11P. The third kappa shape index (κ3) is 2.43. The van der Waals surface area contributed by atoms with E-state index in [2.05, 4.69) is 16.7 Å². The second-order valence-electron chi connectivity index (χ2n) is 13.5. The molecule has 0 unspecified atom stereocenters. The number of esters is 1. The van der Waals surface area contributed by atoms with Crippen molar-refractivity contribution >= 4 is 13.7 Å². The van der Waals surface area contributed by atoms with E-state index in [-0.39, 0.29) is 38.1 Å². The molecule has 14 heteroatoms. The van der Waals surface area contributed by atoms with Crippen molar-refractivity contribution in [3.63, 3.8) is 0 Å². The molecule has 0 aromatic carbocycles. The molecule has 0 radical (unpaired) electrons. The van der Waals surface area contributed by atoms with E-state index in [0.29, 0.717) is 5.57 Å². The van der Waals surface area contributed by atoms with Crippen LogP contribution in [0.5, 0.6) is 0 Å². The van der Waals surface area contributed by atoms with Gasteiger partial charge < -0.3 is 39.6 Å². The fourth-order valence-electron chi connectivity index (χ4n) is 10.3. The molecule has 6 N–H and O–H groups in total. The van der Waals surface area contributed by atoms with Crippen LogP contribution in [-0.4, -0.2) is 97.6 Å². The summed E-state index contributed by atoms with van der Waals surface area (Å²) < 4.78 is 45.0. The zero-order valence-corrected chi connectivity index (χ0v) is 25.2. The number of hydrogen-bond acceptors (Lipinski definition) is 11. The van der Waals surface area contributed by atoms with Gasteiger partial charge in [-0.3, -0.25) is 9.05 Å². The highest BCUT2D eigenvalue weighted by Crippen LogP contribution is 2.94. The summed E-state index contributed by atoms with van der Waals surface area (Å²) in [5, 5.41) is 54.6. The Labute approximate surface area is 243 Å². The normalized spacial score (nSPS) is 55.0. The fourth-order valence-corrected chi connectivity index (χ4v) is 12.2. The van der Waals surface area contributed by atoms with Crippen LogP contribution >= 0.6 is 7.75 Å². The summed E-state index contributed by atoms with van der Waals surface area (Å²) in [7, 11) is -2.96. The van der Waals surface area contributed by atoms with Crippen LogP contribution in [0.25, 0.3) is 0 Å². The third-order valence-corrected chi connectivity index (χ3v) is 13.6. The van der Waals surface area contributed by atoms with Gasteiger partial charge in [-0.05, 0) is 43.4 Å². The van der Waals surface area contributed by atoms with Gasteiger partial charge in [0.05, 0.1) is 12.0 Å². The number of ether oxygens (including phenoxy) is 3. The maximum Gasteiger partial charge on any atom is 0.407 e. The highest BCUT2D eigenvalue weighted by Gasteiger charge is 3.12. The first-order valence-corrected chi connectivity index (χ1v) is 15.9. The van der Waals surface area contributed by atoms with Crippen molar-refractivity contribution in [2.75, 3.05) is 20.3 Å². The Hall–Kier alpha value is -1.64. The Morgan fingerprint density at radius 2 is 2.00 bits per heavy atom. The van der Waals surface area contributed by atoms with Crippen LogP contribution in [-0.2, 0) is 27.8 Å².